The Bertz CT molecular complexity index is 1470. The van der Waals surface area contributed by atoms with Crippen LogP contribution in [-0.4, -0.2) is 43.4 Å². The molecule has 0 atom stereocenters. The summed E-state index contributed by atoms with van der Waals surface area (Å²) in [5, 5.41) is 5.02. The number of aryl methyl sites for hydroxylation is 2. The molecule has 4 aromatic rings. The SMILES string of the molecule is CCN(CC(=O)Nc1ccc2c(c1)c1ccccc1n2CC)S(=O)(=O)c1cc(C)ccc1OC. The Morgan fingerprint density at radius 1 is 1.00 bits per heavy atom. The molecule has 0 fully saturated rings. The van der Waals surface area contributed by atoms with E-state index in [1.807, 2.05) is 37.3 Å². The van der Waals surface area contributed by atoms with Gasteiger partial charge in [0, 0.05) is 40.6 Å². The summed E-state index contributed by atoms with van der Waals surface area (Å²) < 4.78 is 35.3. The molecular weight excluding hydrogens is 450 g/mol. The van der Waals surface area contributed by atoms with E-state index >= 15 is 0 Å². The number of ether oxygens (including phenoxy) is 1. The van der Waals surface area contributed by atoms with Crippen molar-refractivity contribution in [3.8, 4) is 5.75 Å². The topological polar surface area (TPSA) is 80.6 Å². The highest BCUT2D eigenvalue weighted by molar-refractivity contribution is 7.89. The molecule has 34 heavy (non-hydrogen) atoms. The molecule has 1 heterocycles. The first-order valence-electron chi connectivity index (χ1n) is 11.3. The number of aromatic nitrogens is 1. The zero-order valence-electron chi connectivity index (χ0n) is 19.8. The summed E-state index contributed by atoms with van der Waals surface area (Å²) >= 11 is 0. The van der Waals surface area contributed by atoms with E-state index < -0.39 is 15.9 Å². The van der Waals surface area contributed by atoms with Crippen LogP contribution in [0.25, 0.3) is 21.8 Å². The second kappa shape index (κ2) is 9.48. The number of amides is 1. The van der Waals surface area contributed by atoms with Gasteiger partial charge in [-0.05, 0) is 55.8 Å². The second-order valence-corrected chi connectivity index (χ2v) is 10.0. The normalized spacial score (nSPS) is 11.9. The minimum atomic E-state index is -3.92. The van der Waals surface area contributed by atoms with E-state index in [-0.39, 0.29) is 23.7 Å². The smallest absolute Gasteiger partial charge is 0.247 e. The van der Waals surface area contributed by atoms with Crippen molar-refractivity contribution in [3.63, 3.8) is 0 Å². The first kappa shape index (κ1) is 23.8. The zero-order valence-corrected chi connectivity index (χ0v) is 20.6. The van der Waals surface area contributed by atoms with Crippen LogP contribution in [0.3, 0.4) is 0 Å². The number of likely N-dealkylation sites (N-methyl/N-ethyl adjacent to an activating group) is 1. The number of methoxy groups -OCH3 is 1. The van der Waals surface area contributed by atoms with Gasteiger partial charge in [0.25, 0.3) is 0 Å². The third-order valence-electron chi connectivity index (χ3n) is 5.98. The quantitative estimate of drug-likeness (QED) is 0.394. The molecule has 0 saturated carbocycles. The molecule has 4 rings (SSSR count). The van der Waals surface area contributed by atoms with Gasteiger partial charge in [0.15, 0.2) is 0 Å². The largest absolute Gasteiger partial charge is 0.495 e. The van der Waals surface area contributed by atoms with Crippen molar-refractivity contribution in [3.05, 3.63) is 66.2 Å². The monoisotopic (exact) mass is 479 g/mol. The van der Waals surface area contributed by atoms with Gasteiger partial charge in [-0.1, -0.05) is 31.2 Å². The molecule has 7 nitrogen and oxygen atoms in total. The van der Waals surface area contributed by atoms with Gasteiger partial charge in [-0.25, -0.2) is 8.42 Å². The summed E-state index contributed by atoms with van der Waals surface area (Å²) in [4.78, 5) is 12.9. The first-order valence-corrected chi connectivity index (χ1v) is 12.7. The number of nitrogens with zero attached hydrogens (tertiary/aromatic N) is 2. The number of carbonyl (C=O) groups excluding carboxylic acids is 1. The summed E-state index contributed by atoms with van der Waals surface area (Å²) in [5.74, 6) is -0.155. The maximum atomic E-state index is 13.3. The highest BCUT2D eigenvalue weighted by Gasteiger charge is 2.28. The highest BCUT2D eigenvalue weighted by atomic mass is 32.2. The maximum Gasteiger partial charge on any atom is 0.247 e. The fourth-order valence-corrected chi connectivity index (χ4v) is 5.97. The molecule has 1 amide bonds. The van der Waals surface area contributed by atoms with Crippen LogP contribution in [0.2, 0.25) is 0 Å². The fraction of sp³-hybridized carbons (Fsp3) is 0.269. The average molecular weight is 480 g/mol. The molecule has 0 radical (unpaired) electrons. The number of rotatable bonds is 8. The number of hydrogen-bond donors (Lipinski definition) is 1. The van der Waals surface area contributed by atoms with Crippen LogP contribution in [0.5, 0.6) is 5.75 Å². The first-order chi connectivity index (χ1) is 16.3. The maximum absolute atomic E-state index is 13.3. The summed E-state index contributed by atoms with van der Waals surface area (Å²) in [6, 6.07) is 18.9. The van der Waals surface area contributed by atoms with E-state index in [1.54, 1.807) is 25.1 Å². The van der Waals surface area contributed by atoms with Gasteiger partial charge in [-0.15, -0.1) is 0 Å². The minimum Gasteiger partial charge on any atom is -0.495 e. The van der Waals surface area contributed by atoms with Crippen molar-refractivity contribution in [2.45, 2.75) is 32.2 Å². The van der Waals surface area contributed by atoms with E-state index in [9.17, 15) is 13.2 Å². The number of carbonyl (C=O) groups is 1. The number of anilines is 1. The van der Waals surface area contributed by atoms with Crippen LogP contribution in [0.15, 0.2) is 65.6 Å². The molecule has 0 saturated heterocycles. The summed E-state index contributed by atoms with van der Waals surface area (Å²) in [5.41, 5.74) is 3.64. The molecule has 0 bridgehead atoms. The van der Waals surface area contributed by atoms with E-state index in [0.29, 0.717) is 5.69 Å². The van der Waals surface area contributed by atoms with Crippen molar-refractivity contribution < 1.29 is 17.9 Å². The van der Waals surface area contributed by atoms with E-state index in [2.05, 4.69) is 28.9 Å². The summed E-state index contributed by atoms with van der Waals surface area (Å²) in [7, 11) is -2.49. The Morgan fingerprint density at radius 3 is 2.44 bits per heavy atom. The molecule has 0 aliphatic carbocycles. The molecule has 1 N–H and O–H groups in total. The Balaban J connectivity index is 1.60. The predicted molar refractivity (Wildman–Crippen MR) is 136 cm³/mol. The Labute approximate surface area is 200 Å². The molecule has 3 aromatic carbocycles. The van der Waals surface area contributed by atoms with Crippen LogP contribution in [0.1, 0.15) is 19.4 Å². The molecule has 0 aliphatic heterocycles. The van der Waals surface area contributed by atoms with Gasteiger partial charge in [-0.3, -0.25) is 4.79 Å². The lowest BCUT2D eigenvalue weighted by Gasteiger charge is -2.21. The molecule has 8 heteroatoms. The number of nitrogens with one attached hydrogen (secondary N) is 1. The van der Waals surface area contributed by atoms with Gasteiger partial charge in [-0.2, -0.15) is 4.31 Å². The Morgan fingerprint density at radius 2 is 1.74 bits per heavy atom. The standard InChI is InChI=1S/C26H29N3O4S/c1-5-28(34(31,32)25-15-18(3)11-14-24(25)33-4)17-26(30)27-19-12-13-23-21(16-19)20-9-7-8-10-22(20)29(23)6-2/h7-16H,5-6,17H2,1-4H3,(H,27,30). The molecule has 0 unspecified atom stereocenters. The van der Waals surface area contributed by atoms with Crippen molar-refractivity contribution in [1.82, 2.24) is 8.87 Å². The number of hydrogen-bond acceptors (Lipinski definition) is 4. The van der Waals surface area contributed by atoms with E-state index in [4.69, 9.17) is 4.74 Å². The summed E-state index contributed by atoms with van der Waals surface area (Å²) in [6.45, 7) is 6.30. The summed E-state index contributed by atoms with van der Waals surface area (Å²) in [6.07, 6.45) is 0. The molecule has 0 aliphatic rings. The number of sulfonamides is 1. The average Bonchev–Trinajstić information content (AvgIpc) is 3.15. The molecule has 178 valence electrons. The van der Waals surface area contributed by atoms with Gasteiger partial charge in [0.2, 0.25) is 15.9 Å². The molecule has 1 aromatic heterocycles. The minimum absolute atomic E-state index is 0.0541. The van der Waals surface area contributed by atoms with Gasteiger partial charge >= 0.3 is 0 Å². The van der Waals surface area contributed by atoms with Crippen molar-refractivity contribution >= 4 is 43.4 Å². The lowest BCUT2D eigenvalue weighted by Crippen LogP contribution is -2.38. The lowest BCUT2D eigenvalue weighted by atomic mass is 10.1. The predicted octanol–water partition coefficient (Wildman–Crippen LogP) is 4.78. The number of benzene rings is 3. The van der Waals surface area contributed by atoms with Crippen LogP contribution < -0.4 is 10.1 Å². The van der Waals surface area contributed by atoms with E-state index in [0.717, 1.165) is 38.2 Å². The Hall–Kier alpha value is -3.36. The van der Waals surface area contributed by atoms with Crippen molar-refractivity contribution in [2.24, 2.45) is 0 Å². The van der Waals surface area contributed by atoms with Crippen LogP contribution in [0, 0.1) is 6.92 Å². The van der Waals surface area contributed by atoms with Crippen LogP contribution in [0.4, 0.5) is 5.69 Å². The van der Waals surface area contributed by atoms with Gasteiger partial charge in [0.1, 0.15) is 10.6 Å². The number of para-hydroxylation sites is 1. The van der Waals surface area contributed by atoms with Gasteiger partial charge in [0.05, 0.1) is 13.7 Å². The fourth-order valence-electron chi connectivity index (χ4n) is 4.32. The third-order valence-corrected chi connectivity index (χ3v) is 7.92. The van der Waals surface area contributed by atoms with Crippen LogP contribution >= 0.6 is 0 Å². The lowest BCUT2D eigenvalue weighted by molar-refractivity contribution is -0.116. The third kappa shape index (κ3) is 4.26. The van der Waals surface area contributed by atoms with Crippen molar-refractivity contribution in [2.75, 3.05) is 25.5 Å². The molecule has 0 spiro atoms. The van der Waals surface area contributed by atoms with E-state index in [1.165, 1.54) is 7.11 Å². The highest BCUT2D eigenvalue weighted by Crippen LogP contribution is 2.31. The Kier molecular flexibility index (Phi) is 6.63. The van der Waals surface area contributed by atoms with Crippen molar-refractivity contribution in [1.29, 1.82) is 0 Å². The second-order valence-electron chi connectivity index (χ2n) is 8.13. The zero-order chi connectivity index (χ0) is 24.5. The molecular formula is C26H29N3O4S. The van der Waals surface area contributed by atoms with Crippen LogP contribution in [-0.2, 0) is 21.4 Å². The van der Waals surface area contributed by atoms with Gasteiger partial charge < -0.3 is 14.6 Å². The number of fused-ring (bicyclic) bond motifs is 3.